The summed E-state index contributed by atoms with van der Waals surface area (Å²) >= 11 is 8.76. The average Bonchev–Trinajstić information content (AvgIpc) is 3.11. The molecule has 48 heavy (non-hydrogen) atoms. The van der Waals surface area contributed by atoms with Crippen LogP contribution >= 0.6 is 34.8 Å². The molecule has 0 radical (unpaired) electrons. The van der Waals surface area contributed by atoms with Crippen molar-refractivity contribution in [3.05, 3.63) is 182 Å². The number of carbonyl (C=O) groups is 3. The quantitative estimate of drug-likeness (QED) is 0.115. The predicted molar refractivity (Wildman–Crippen MR) is 202 cm³/mol. The van der Waals surface area contributed by atoms with Crippen LogP contribution in [0.3, 0.4) is 0 Å². The number of carbonyl (C=O) groups excluding carboxylic acids is 3. The van der Waals surface area contributed by atoms with Crippen LogP contribution in [0.25, 0.3) is 0 Å². The second-order valence-electron chi connectivity index (χ2n) is 9.56. The van der Waals surface area contributed by atoms with Crippen molar-refractivity contribution < 1.29 is 30.3 Å². The van der Waals surface area contributed by atoms with Crippen LogP contribution in [0.5, 0.6) is 0 Å². The Labute approximate surface area is 311 Å². The molecule has 0 bridgehead atoms. The first-order valence-electron chi connectivity index (χ1n) is 14.5. The molecule has 0 spiro atoms. The van der Waals surface area contributed by atoms with Crippen LogP contribution in [0.1, 0.15) is 0 Å². The summed E-state index contributed by atoms with van der Waals surface area (Å²) in [7, 11) is 0. The molecule has 6 rings (SSSR count). The minimum absolute atomic E-state index is 1.04. The zero-order valence-electron chi connectivity index (χ0n) is 25.4. The van der Waals surface area contributed by atoms with E-state index in [1.54, 1.807) is 0 Å². The van der Waals surface area contributed by atoms with Crippen LogP contribution < -0.4 is 26.1 Å². The van der Waals surface area contributed by atoms with Gasteiger partial charge in [-0.05, 0) is 0 Å². The predicted octanol–water partition coefficient (Wildman–Crippen LogP) is 7.09. The average molecular weight is 906 g/mol. The number of rotatable bonds is 9. The van der Waals surface area contributed by atoms with Crippen molar-refractivity contribution in [1.82, 2.24) is 0 Å². The maximum absolute atomic E-state index is 10.2. The summed E-state index contributed by atoms with van der Waals surface area (Å²) in [5.74, 6) is 0. The van der Waals surface area contributed by atoms with E-state index >= 15 is 0 Å². The van der Waals surface area contributed by atoms with E-state index in [1.807, 2.05) is 0 Å². The maximum atomic E-state index is 10.2. The molecule has 0 unspecified atom stereocenters. The molecule has 6 aromatic carbocycles. The van der Waals surface area contributed by atoms with E-state index < -0.39 is 56.8 Å². The Kier molecular flexibility index (Phi) is 16.1. The zero-order valence-corrected chi connectivity index (χ0v) is 33.1. The molecule has 0 fully saturated rings. The number of halogens is 3. The van der Waals surface area contributed by atoms with Gasteiger partial charge in [-0.25, -0.2) is 0 Å². The Morgan fingerprint density at radius 3 is 0.562 bits per heavy atom. The summed E-state index contributed by atoms with van der Waals surface area (Å²) in [5.41, 5.74) is 0. The van der Waals surface area contributed by atoms with Crippen LogP contribution in [-0.2, 0) is 16.0 Å². The van der Waals surface area contributed by atoms with Gasteiger partial charge in [-0.15, -0.1) is 0 Å². The Hall–Kier alpha value is -3.06. The Balaban J connectivity index is 0.000000172. The van der Waals surface area contributed by atoms with Gasteiger partial charge in [-0.2, -0.15) is 0 Å². The van der Waals surface area contributed by atoms with Crippen LogP contribution in [0, 0.1) is 0 Å². The van der Waals surface area contributed by atoms with Gasteiger partial charge in [0.05, 0.1) is 0 Å². The Morgan fingerprint density at radius 2 is 0.458 bits per heavy atom. The van der Waals surface area contributed by atoms with Gasteiger partial charge in [0, 0.05) is 0 Å². The van der Waals surface area contributed by atoms with Crippen molar-refractivity contribution in [2.75, 3.05) is 0 Å². The summed E-state index contributed by atoms with van der Waals surface area (Å²) in [5, 5.41) is 0. The molecule has 6 aromatic rings. The van der Waals surface area contributed by atoms with E-state index in [1.165, 1.54) is 26.1 Å². The molecule has 0 saturated carbocycles. The summed E-state index contributed by atoms with van der Waals surface area (Å²) in [4.78, 5) is 30.7. The molecule has 0 aliphatic rings. The fourth-order valence-electron chi connectivity index (χ4n) is 4.51. The monoisotopic (exact) mass is 904 g/mol. The first-order valence-corrected chi connectivity index (χ1v) is 23.7. The number of benzene rings is 6. The van der Waals surface area contributed by atoms with Crippen LogP contribution in [-0.4, -0.2) is 40.8 Å². The molecule has 0 atom stereocenters. The summed E-state index contributed by atoms with van der Waals surface area (Å²) in [6.45, 7) is 0. The molecule has 0 heterocycles. The van der Waals surface area contributed by atoms with E-state index in [-0.39, 0.29) is 0 Å². The second-order valence-corrected chi connectivity index (χ2v) is 24.7. The molecule has 3 nitrogen and oxygen atoms in total. The van der Waals surface area contributed by atoms with Crippen molar-refractivity contribution in [3.63, 3.8) is 0 Å². The van der Waals surface area contributed by atoms with Crippen LogP contribution in [0.15, 0.2) is 182 Å². The third kappa shape index (κ3) is 11.5. The Bertz CT molecular complexity index is 1510. The third-order valence-electron chi connectivity index (χ3n) is 6.48. The van der Waals surface area contributed by atoms with Gasteiger partial charge in [-0.1, -0.05) is 0 Å². The van der Waals surface area contributed by atoms with Crippen LogP contribution in [0.2, 0.25) is 0 Å². The summed E-state index contributed by atoms with van der Waals surface area (Å²) in [6, 6.07) is 65.4. The normalized spacial score (nSPS) is 10.6. The molecule has 0 N–H and O–H groups in total. The van der Waals surface area contributed by atoms with E-state index in [4.69, 9.17) is 34.8 Å². The molecule has 9 heteroatoms. The molecule has 0 aromatic heterocycles. The molecule has 244 valence electrons. The van der Waals surface area contributed by atoms with Crippen molar-refractivity contribution in [3.8, 4) is 0 Å². The molecule has 0 amide bonds. The van der Waals surface area contributed by atoms with Crippen molar-refractivity contribution >= 4 is 102 Å². The van der Waals surface area contributed by atoms with Gasteiger partial charge < -0.3 is 0 Å². The molecular formula is C39H30As2Cl3O3Rh. The fraction of sp³-hybridized carbons (Fsp3) is 0. The molecule has 0 saturated heterocycles. The topological polar surface area (TPSA) is 51.2 Å². The van der Waals surface area contributed by atoms with Crippen molar-refractivity contribution in [2.24, 2.45) is 0 Å². The standard InChI is InChI=1S/2C18H15As.3CClO.Rh/c2*1-4-10-16(11-5-1)19(17-12-6-2-7-13-17)18-14-8-3-9-15-18;3*2-1-3;/h2*1-15H;;;;. The minimum atomic E-state index is -2.99. The summed E-state index contributed by atoms with van der Waals surface area (Å²) < 4.78 is 5.76. The first-order chi connectivity index (χ1) is 23.4. The van der Waals surface area contributed by atoms with Crippen molar-refractivity contribution in [2.45, 2.75) is 0 Å². The molecule has 0 aliphatic heterocycles. The van der Waals surface area contributed by atoms with E-state index in [2.05, 4.69) is 182 Å². The second kappa shape index (κ2) is 20.5. The zero-order chi connectivity index (χ0) is 34.1. The van der Waals surface area contributed by atoms with E-state index in [0.717, 1.165) is 0 Å². The molecular weight excluding hydrogens is 876 g/mol. The van der Waals surface area contributed by atoms with Gasteiger partial charge in [0.15, 0.2) is 0 Å². The third-order valence-corrected chi connectivity index (χ3v) is 20.9. The van der Waals surface area contributed by atoms with Gasteiger partial charge in [0.1, 0.15) is 0 Å². The van der Waals surface area contributed by atoms with Crippen molar-refractivity contribution in [1.29, 1.82) is 0 Å². The van der Waals surface area contributed by atoms with Gasteiger partial charge in [0.25, 0.3) is 0 Å². The van der Waals surface area contributed by atoms with Gasteiger partial charge >= 0.3 is 314 Å². The van der Waals surface area contributed by atoms with Gasteiger partial charge in [0.2, 0.25) is 0 Å². The van der Waals surface area contributed by atoms with E-state index in [9.17, 15) is 14.4 Å². The van der Waals surface area contributed by atoms with E-state index in [0.29, 0.717) is 0 Å². The van der Waals surface area contributed by atoms with Gasteiger partial charge in [-0.3, -0.25) is 0 Å². The number of hydrogen-bond acceptors (Lipinski definition) is 3. The van der Waals surface area contributed by atoms with Crippen LogP contribution in [0.4, 0.5) is 14.4 Å². The Morgan fingerprint density at radius 1 is 0.312 bits per heavy atom. The number of hydrogen-bond donors (Lipinski definition) is 0. The first kappa shape index (κ1) is 37.8. The fourth-order valence-corrected chi connectivity index (χ4v) is 17.5. The molecule has 0 aliphatic carbocycles. The SMILES string of the molecule is O=[C](Cl)[Rh]([C](=O)Cl)[C](=O)Cl.c1ccc([As](c2ccccc2)c2ccccc2)cc1.c1ccc([As](c2ccccc2)c2ccccc2)cc1. The summed E-state index contributed by atoms with van der Waals surface area (Å²) in [6.07, 6.45) is 0.